The smallest absolute Gasteiger partial charge is 0.259 e. The van der Waals surface area contributed by atoms with Crippen LogP contribution in [-0.4, -0.2) is 9.97 Å². The van der Waals surface area contributed by atoms with E-state index in [0.717, 1.165) is 10.0 Å². The predicted molar refractivity (Wildman–Crippen MR) is 80.5 cm³/mol. The second kappa shape index (κ2) is 4.79. The summed E-state index contributed by atoms with van der Waals surface area (Å²) in [4.78, 5) is 19.3. The van der Waals surface area contributed by atoms with Crippen LogP contribution in [0, 0.1) is 0 Å². The normalized spacial score (nSPS) is 10.8. The summed E-state index contributed by atoms with van der Waals surface area (Å²) in [6.07, 6.45) is 0. The van der Waals surface area contributed by atoms with Crippen LogP contribution < -0.4 is 5.56 Å². The van der Waals surface area contributed by atoms with Crippen molar-refractivity contribution in [3.63, 3.8) is 0 Å². The summed E-state index contributed by atoms with van der Waals surface area (Å²) in [5, 5.41) is 1.17. The molecule has 0 bridgehead atoms. The maximum Gasteiger partial charge on any atom is 0.259 e. The van der Waals surface area contributed by atoms with Gasteiger partial charge in [-0.15, -0.1) is 0 Å². The van der Waals surface area contributed by atoms with E-state index in [1.165, 1.54) is 0 Å². The summed E-state index contributed by atoms with van der Waals surface area (Å²) in [7, 11) is 0. The van der Waals surface area contributed by atoms with Gasteiger partial charge in [-0.3, -0.25) is 4.79 Å². The summed E-state index contributed by atoms with van der Waals surface area (Å²) in [5.41, 5.74) is 1.26. The van der Waals surface area contributed by atoms with E-state index in [4.69, 9.17) is 11.6 Å². The Hall–Kier alpha value is -1.65. The van der Waals surface area contributed by atoms with Crippen molar-refractivity contribution in [2.24, 2.45) is 0 Å². The molecule has 1 N–H and O–H groups in total. The number of halogens is 2. The zero-order valence-corrected chi connectivity index (χ0v) is 12.0. The van der Waals surface area contributed by atoms with Crippen LogP contribution in [0.25, 0.3) is 22.3 Å². The first-order chi connectivity index (χ1) is 9.15. The number of rotatable bonds is 1. The Kier molecular flexibility index (Phi) is 3.12. The largest absolute Gasteiger partial charge is 0.306 e. The van der Waals surface area contributed by atoms with E-state index in [0.29, 0.717) is 21.7 Å². The average Bonchev–Trinajstić information content (AvgIpc) is 2.41. The van der Waals surface area contributed by atoms with E-state index in [1.54, 1.807) is 18.2 Å². The van der Waals surface area contributed by atoms with Gasteiger partial charge in [0.2, 0.25) is 0 Å². The molecule has 3 nitrogen and oxygen atoms in total. The number of benzene rings is 2. The van der Waals surface area contributed by atoms with Gasteiger partial charge in [0.05, 0.1) is 10.9 Å². The van der Waals surface area contributed by atoms with Crippen LogP contribution in [0.1, 0.15) is 0 Å². The van der Waals surface area contributed by atoms with Gasteiger partial charge in [-0.05, 0) is 30.3 Å². The Balaban J connectivity index is 2.31. The molecule has 3 aromatic rings. The highest BCUT2D eigenvalue weighted by Gasteiger charge is 2.09. The van der Waals surface area contributed by atoms with Gasteiger partial charge in [0.15, 0.2) is 0 Å². The highest BCUT2D eigenvalue weighted by molar-refractivity contribution is 9.10. The molecule has 2 aromatic carbocycles. The Morgan fingerprint density at radius 1 is 1.16 bits per heavy atom. The zero-order chi connectivity index (χ0) is 13.4. The SMILES string of the molecule is O=c1[nH]c(-c2cc(Cl)ccc2Br)nc2ccccc12. The van der Waals surface area contributed by atoms with Crippen LogP contribution in [0.2, 0.25) is 5.02 Å². The lowest BCUT2D eigenvalue weighted by atomic mass is 10.2. The second-order valence-electron chi connectivity index (χ2n) is 4.06. The summed E-state index contributed by atoms with van der Waals surface area (Å²) >= 11 is 9.42. The molecule has 1 aromatic heterocycles. The van der Waals surface area contributed by atoms with Crippen molar-refractivity contribution in [3.05, 3.63) is 62.3 Å². The van der Waals surface area contributed by atoms with Gasteiger partial charge in [0.1, 0.15) is 5.82 Å². The Labute approximate surface area is 122 Å². The average molecular weight is 336 g/mol. The molecule has 0 atom stereocenters. The van der Waals surface area contributed by atoms with E-state index < -0.39 is 0 Å². The van der Waals surface area contributed by atoms with Crippen LogP contribution in [0.15, 0.2) is 51.7 Å². The minimum absolute atomic E-state index is 0.160. The fraction of sp³-hybridized carbons (Fsp3) is 0. The van der Waals surface area contributed by atoms with Crippen LogP contribution >= 0.6 is 27.5 Å². The first kappa shape index (κ1) is 12.4. The number of hydrogen-bond acceptors (Lipinski definition) is 2. The van der Waals surface area contributed by atoms with Crippen molar-refractivity contribution in [2.75, 3.05) is 0 Å². The molecule has 0 aliphatic rings. The van der Waals surface area contributed by atoms with E-state index in [-0.39, 0.29) is 5.56 Å². The van der Waals surface area contributed by atoms with Gasteiger partial charge in [-0.1, -0.05) is 39.7 Å². The van der Waals surface area contributed by atoms with Gasteiger partial charge in [-0.25, -0.2) is 4.98 Å². The summed E-state index contributed by atoms with van der Waals surface area (Å²) in [5.74, 6) is 0.498. The second-order valence-corrected chi connectivity index (χ2v) is 5.35. The van der Waals surface area contributed by atoms with Gasteiger partial charge >= 0.3 is 0 Å². The Morgan fingerprint density at radius 2 is 1.95 bits per heavy atom. The maximum absolute atomic E-state index is 12.0. The third-order valence-electron chi connectivity index (χ3n) is 2.80. The fourth-order valence-electron chi connectivity index (χ4n) is 1.89. The molecular weight excluding hydrogens is 328 g/mol. The molecule has 19 heavy (non-hydrogen) atoms. The molecule has 5 heteroatoms. The lowest BCUT2D eigenvalue weighted by Crippen LogP contribution is -2.09. The molecule has 0 fully saturated rings. The molecule has 0 saturated carbocycles. The minimum atomic E-state index is -0.160. The predicted octanol–water partition coefficient (Wildman–Crippen LogP) is 4.01. The molecule has 0 spiro atoms. The number of hydrogen-bond donors (Lipinski definition) is 1. The first-order valence-electron chi connectivity index (χ1n) is 5.59. The number of fused-ring (bicyclic) bond motifs is 1. The molecule has 0 unspecified atom stereocenters. The van der Waals surface area contributed by atoms with E-state index >= 15 is 0 Å². The Bertz CT molecular complexity index is 829. The van der Waals surface area contributed by atoms with Crippen molar-refractivity contribution < 1.29 is 0 Å². The van der Waals surface area contributed by atoms with Crippen LogP contribution in [0.3, 0.4) is 0 Å². The van der Waals surface area contributed by atoms with Gasteiger partial charge in [0.25, 0.3) is 5.56 Å². The third-order valence-corrected chi connectivity index (χ3v) is 3.72. The maximum atomic E-state index is 12.0. The molecule has 0 aliphatic heterocycles. The number of para-hydroxylation sites is 1. The summed E-state index contributed by atoms with van der Waals surface area (Å²) < 4.78 is 0.829. The number of H-pyrrole nitrogens is 1. The van der Waals surface area contributed by atoms with Gasteiger partial charge in [0, 0.05) is 15.1 Å². The van der Waals surface area contributed by atoms with Crippen molar-refractivity contribution in [3.8, 4) is 11.4 Å². The van der Waals surface area contributed by atoms with E-state index in [1.807, 2.05) is 24.3 Å². The van der Waals surface area contributed by atoms with Crippen molar-refractivity contribution >= 4 is 38.4 Å². The fourth-order valence-corrected chi connectivity index (χ4v) is 2.50. The van der Waals surface area contributed by atoms with Crippen LogP contribution in [0.5, 0.6) is 0 Å². The molecule has 0 saturated heterocycles. The molecule has 0 amide bonds. The molecule has 1 heterocycles. The summed E-state index contributed by atoms with van der Waals surface area (Å²) in [6, 6.07) is 12.6. The Morgan fingerprint density at radius 3 is 2.79 bits per heavy atom. The molecular formula is C14H8BrClN2O. The van der Waals surface area contributed by atoms with Crippen molar-refractivity contribution in [2.45, 2.75) is 0 Å². The number of nitrogens with zero attached hydrogens (tertiary/aromatic N) is 1. The van der Waals surface area contributed by atoms with Crippen LogP contribution in [0.4, 0.5) is 0 Å². The number of nitrogens with one attached hydrogen (secondary N) is 1. The first-order valence-corrected chi connectivity index (χ1v) is 6.77. The van der Waals surface area contributed by atoms with Crippen molar-refractivity contribution in [1.82, 2.24) is 9.97 Å². The van der Waals surface area contributed by atoms with Gasteiger partial charge < -0.3 is 4.98 Å². The molecule has 0 aliphatic carbocycles. The topological polar surface area (TPSA) is 45.8 Å². The summed E-state index contributed by atoms with van der Waals surface area (Å²) in [6.45, 7) is 0. The molecule has 94 valence electrons. The quantitative estimate of drug-likeness (QED) is 0.730. The number of aromatic nitrogens is 2. The van der Waals surface area contributed by atoms with Crippen molar-refractivity contribution in [1.29, 1.82) is 0 Å². The van der Waals surface area contributed by atoms with E-state index in [2.05, 4.69) is 25.9 Å². The standard InChI is InChI=1S/C14H8BrClN2O/c15-11-6-5-8(16)7-10(11)13-17-12-4-2-1-3-9(12)14(19)18-13/h1-7H,(H,17,18,19). The lowest BCUT2D eigenvalue weighted by molar-refractivity contribution is 1.18. The third kappa shape index (κ3) is 2.29. The van der Waals surface area contributed by atoms with Crippen LogP contribution in [-0.2, 0) is 0 Å². The highest BCUT2D eigenvalue weighted by Crippen LogP contribution is 2.28. The molecule has 0 radical (unpaired) electrons. The highest BCUT2D eigenvalue weighted by atomic mass is 79.9. The van der Waals surface area contributed by atoms with Gasteiger partial charge in [-0.2, -0.15) is 0 Å². The monoisotopic (exact) mass is 334 g/mol. The molecule has 3 rings (SSSR count). The lowest BCUT2D eigenvalue weighted by Gasteiger charge is -2.05. The number of aromatic amines is 1. The van der Waals surface area contributed by atoms with E-state index in [9.17, 15) is 4.79 Å². The minimum Gasteiger partial charge on any atom is -0.306 e. The zero-order valence-electron chi connectivity index (χ0n) is 9.65.